The Balaban J connectivity index is 2.77. The normalized spacial score (nSPS) is 18.9. The molecular weight excluding hydrogens is 182 g/mol. The lowest BCUT2D eigenvalue weighted by Gasteiger charge is -2.06. The molecular formula is C6H5NO2S2. The van der Waals surface area contributed by atoms with E-state index in [0.717, 1.165) is 4.88 Å². The Kier molecular flexibility index (Phi) is 1.30. The molecule has 1 aliphatic rings. The van der Waals surface area contributed by atoms with Crippen LogP contribution in [0.2, 0.25) is 0 Å². The number of thiophene rings is 1. The minimum atomic E-state index is -3.23. The first-order chi connectivity index (χ1) is 5.20. The smallest absolute Gasteiger partial charge is 0.262 e. The highest BCUT2D eigenvalue weighted by atomic mass is 32.2. The molecule has 11 heavy (non-hydrogen) atoms. The molecule has 0 atom stereocenters. The van der Waals surface area contributed by atoms with Crippen LogP contribution in [0.4, 0.5) is 0 Å². The van der Waals surface area contributed by atoms with Crippen molar-refractivity contribution in [2.24, 2.45) is 0 Å². The highest BCUT2D eigenvalue weighted by molar-refractivity contribution is 7.90. The SMILES string of the molecule is O=S1(=O)NC=Cc2sccc21. The molecule has 2 rings (SSSR count). The van der Waals surface area contributed by atoms with E-state index in [1.807, 2.05) is 0 Å². The van der Waals surface area contributed by atoms with Crippen LogP contribution in [0.1, 0.15) is 4.88 Å². The maximum absolute atomic E-state index is 11.2. The summed E-state index contributed by atoms with van der Waals surface area (Å²) in [6, 6.07) is 1.60. The van der Waals surface area contributed by atoms with E-state index >= 15 is 0 Å². The van der Waals surface area contributed by atoms with Gasteiger partial charge in [-0.05, 0) is 17.5 Å². The summed E-state index contributed by atoms with van der Waals surface area (Å²) < 4.78 is 24.7. The van der Waals surface area contributed by atoms with Crippen LogP contribution in [0.25, 0.3) is 6.08 Å². The van der Waals surface area contributed by atoms with E-state index < -0.39 is 10.0 Å². The lowest BCUT2D eigenvalue weighted by molar-refractivity contribution is 0.590. The van der Waals surface area contributed by atoms with E-state index in [9.17, 15) is 8.42 Å². The first-order valence-corrected chi connectivity index (χ1v) is 5.33. The minimum absolute atomic E-state index is 0.380. The maximum Gasteiger partial charge on any atom is 0.262 e. The van der Waals surface area contributed by atoms with Crippen molar-refractivity contribution < 1.29 is 8.42 Å². The van der Waals surface area contributed by atoms with Gasteiger partial charge >= 0.3 is 0 Å². The predicted molar refractivity (Wildman–Crippen MR) is 43.7 cm³/mol. The van der Waals surface area contributed by atoms with Gasteiger partial charge < -0.3 is 0 Å². The average molecular weight is 187 g/mol. The van der Waals surface area contributed by atoms with Crippen LogP contribution >= 0.6 is 11.3 Å². The molecule has 0 unspecified atom stereocenters. The molecule has 1 aromatic heterocycles. The van der Waals surface area contributed by atoms with Crippen molar-refractivity contribution in [3.8, 4) is 0 Å². The first kappa shape index (κ1) is 6.87. The Morgan fingerprint density at radius 3 is 3.00 bits per heavy atom. The van der Waals surface area contributed by atoms with Gasteiger partial charge in [-0.15, -0.1) is 11.3 Å². The lowest BCUT2D eigenvalue weighted by atomic mass is 10.4. The number of sulfonamides is 1. The van der Waals surface area contributed by atoms with Crippen molar-refractivity contribution in [3.63, 3.8) is 0 Å². The second-order valence-electron chi connectivity index (χ2n) is 2.10. The van der Waals surface area contributed by atoms with E-state index in [1.165, 1.54) is 17.5 Å². The van der Waals surface area contributed by atoms with Gasteiger partial charge in [0.05, 0.1) is 0 Å². The predicted octanol–water partition coefficient (Wildman–Crippen LogP) is 1.01. The number of rotatable bonds is 0. The Hall–Kier alpha value is -0.810. The van der Waals surface area contributed by atoms with Crippen LogP contribution < -0.4 is 4.72 Å². The third-order valence-electron chi connectivity index (χ3n) is 1.40. The molecule has 1 N–H and O–H groups in total. The van der Waals surface area contributed by atoms with Crippen LogP contribution in [0.15, 0.2) is 22.5 Å². The average Bonchev–Trinajstić information content (AvgIpc) is 2.34. The van der Waals surface area contributed by atoms with Crippen molar-refractivity contribution in [2.45, 2.75) is 4.90 Å². The summed E-state index contributed by atoms with van der Waals surface area (Å²) in [5.74, 6) is 0. The van der Waals surface area contributed by atoms with Gasteiger partial charge in [0.15, 0.2) is 0 Å². The van der Waals surface area contributed by atoms with Gasteiger partial charge in [0, 0.05) is 11.1 Å². The molecule has 58 valence electrons. The fourth-order valence-corrected chi connectivity index (χ4v) is 3.11. The van der Waals surface area contributed by atoms with Crippen LogP contribution in [0.3, 0.4) is 0 Å². The fraction of sp³-hybridized carbons (Fsp3) is 0. The Morgan fingerprint density at radius 1 is 1.45 bits per heavy atom. The largest absolute Gasteiger partial charge is 0.286 e. The highest BCUT2D eigenvalue weighted by Crippen LogP contribution is 2.25. The summed E-state index contributed by atoms with van der Waals surface area (Å²) in [4.78, 5) is 1.17. The van der Waals surface area contributed by atoms with Gasteiger partial charge in [-0.3, -0.25) is 4.72 Å². The fourth-order valence-electron chi connectivity index (χ4n) is 0.916. The summed E-state index contributed by atoms with van der Waals surface area (Å²) in [7, 11) is -3.23. The number of nitrogens with one attached hydrogen (secondary N) is 1. The van der Waals surface area contributed by atoms with Crippen molar-refractivity contribution >= 4 is 27.4 Å². The number of hydrogen-bond donors (Lipinski definition) is 1. The van der Waals surface area contributed by atoms with Gasteiger partial charge in [0.25, 0.3) is 10.0 Å². The molecule has 1 aliphatic heterocycles. The van der Waals surface area contributed by atoms with Crippen LogP contribution in [0, 0.1) is 0 Å². The molecule has 0 radical (unpaired) electrons. The molecule has 1 aromatic rings. The molecule has 0 aliphatic carbocycles. The zero-order valence-electron chi connectivity index (χ0n) is 5.44. The monoisotopic (exact) mass is 187 g/mol. The first-order valence-electron chi connectivity index (χ1n) is 2.96. The van der Waals surface area contributed by atoms with Gasteiger partial charge in [0.2, 0.25) is 0 Å². The number of hydrogen-bond acceptors (Lipinski definition) is 3. The second-order valence-corrected chi connectivity index (χ2v) is 4.73. The molecule has 0 saturated carbocycles. The summed E-state index contributed by atoms with van der Waals surface area (Å²) >= 11 is 1.42. The van der Waals surface area contributed by atoms with Crippen LogP contribution in [0.5, 0.6) is 0 Å². The molecule has 0 aromatic carbocycles. The summed E-state index contributed by atoms with van der Waals surface area (Å²) in [5.41, 5.74) is 0. The second kappa shape index (κ2) is 2.09. The zero-order chi connectivity index (χ0) is 7.90. The van der Waals surface area contributed by atoms with Gasteiger partial charge in [0.1, 0.15) is 4.90 Å². The summed E-state index contributed by atoms with van der Waals surface area (Å²) in [6.45, 7) is 0. The molecule has 5 heteroatoms. The summed E-state index contributed by atoms with van der Waals surface area (Å²) in [6.07, 6.45) is 3.19. The third kappa shape index (κ3) is 0.965. The van der Waals surface area contributed by atoms with Crippen LogP contribution in [-0.2, 0) is 10.0 Å². The molecule has 0 spiro atoms. The minimum Gasteiger partial charge on any atom is -0.286 e. The molecule has 3 nitrogen and oxygen atoms in total. The van der Waals surface area contributed by atoms with Gasteiger partial charge in [-0.2, -0.15) is 0 Å². The third-order valence-corrected chi connectivity index (χ3v) is 3.80. The van der Waals surface area contributed by atoms with Crippen molar-refractivity contribution in [1.29, 1.82) is 0 Å². The lowest BCUT2D eigenvalue weighted by Crippen LogP contribution is -2.20. The van der Waals surface area contributed by atoms with Crippen molar-refractivity contribution in [1.82, 2.24) is 4.72 Å². The van der Waals surface area contributed by atoms with Crippen LogP contribution in [-0.4, -0.2) is 8.42 Å². The van der Waals surface area contributed by atoms with Crippen molar-refractivity contribution in [2.75, 3.05) is 0 Å². The Labute approximate surface area is 68.4 Å². The molecule has 0 fully saturated rings. The van der Waals surface area contributed by atoms with E-state index in [1.54, 1.807) is 17.5 Å². The summed E-state index contributed by atoms with van der Waals surface area (Å²) in [5, 5.41) is 1.76. The van der Waals surface area contributed by atoms with E-state index in [4.69, 9.17) is 0 Å². The quantitative estimate of drug-likeness (QED) is 0.659. The van der Waals surface area contributed by atoms with E-state index in [0.29, 0.717) is 4.90 Å². The standard InChI is InChI=1S/C6H5NO2S2/c8-11(9)6-2-4-10-5(6)1-3-7-11/h1-4,7H. The zero-order valence-corrected chi connectivity index (χ0v) is 7.08. The Bertz CT molecular complexity index is 402. The highest BCUT2D eigenvalue weighted by Gasteiger charge is 2.19. The van der Waals surface area contributed by atoms with Gasteiger partial charge in [-0.1, -0.05) is 0 Å². The Morgan fingerprint density at radius 2 is 2.27 bits per heavy atom. The van der Waals surface area contributed by atoms with E-state index in [-0.39, 0.29) is 0 Å². The molecule has 0 saturated heterocycles. The van der Waals surface area contributed by atoms with Gasteiger partial charge in [-0.25, -0.2) is 8.42 Å². The maximum atomic E-state index is 11.2. The van der Waals surface area contributed by atoms with Crippen molar-refractivity contribution in [3.05, 3.63) is 22.5 Å². The molecule has 2 heterocycles. The van der Waals surface area contributed by atoms with E-state index in [2.05, 4.69) is 4.72 Å². The number of fused-ring (bicyclic) bond motifs is 1. The topological polar surface area (TPSA) is 46.2 Å². The molecule has 0 amide bonds. The molecule has 0 bridgehead atoms.